The van der Waals surface area contributed by atoms with Crippen molar-refractivity contribution in [3.63, 3.8) is 0 Å². The second-order valence-corrected chi connectivity index (χ2v) is 4.40. The largest absolute Gasteiger partial charge is 0.497 e. The molecule has 0 aliphatic carbocycles. The lowest BCUT2D eigenvalue weighted by Gasteiger charge is -2.18. The van der Waals surface area contributed by atoms with Crippen LogP contribution >= 0.6 is 0 Å². The smallest absolute Gasteiger partial charge is 0.119 e. The highest BCUT2D eigenvalue weighted by Gasteiger charge is 2.12. The Kier molecular flexibility index (Phi) is 4.36. The molecule has 100 valence electrons. The molecule has 0 radical (unpaired) electrons. The van der Waals surface area contributed by atoms with Crippen molar-refractivity contribution >= 4 is 5.69 Å². The highest BCUT2D eigenvalue weighted by atomic mass is 16.5. The summed E-state index contributed by atoms with van der Waals surface area (Å²) >= 11 is 0. The maximum absolute atomic E-state index is 5.97. The molecule has 4 heteroatoms. The summed E-state index contributed by atoms with van der Waals surface area (Å²) < 4.78 is 5.26. The Hall–Kier alpha value is -2.07. The molecule has 2 aromatic rings. The summed E-state index contributed by atoms with van der Waals surface area (Å²) in [6, 6.07) is 10.1. The fourth-order valence-corrected chi connectivity index (χ4v) is 2.07. The first kappa shape index (κ1) is 13.4. The minimum atomic E-state index is 0.182. The van der Waals surface area contributed by atoms with Gasteiger partial charge in [0.2, 0.25) is 0 Å². The minimum Gasteiger partial charge on any atom is -0.497 e. The van der Waals surface area contributed by atoms with Gasteiger partial charge in [-0.2, -0.15) is 0 Å². The van der Waals surface area contributed by atoms with Gasteiger partial charge in [0.15, 0.2) is 0 Å². The molecular weight excluding hydrogens is 238 g/mol. The van der Waals surface area contributed by atoms with Gasteiger partial charge in [-0.1, -0.05) is 12.1 Å². The molecule has 1 unspecified atom stereocenters. The van der Waals surface area contributed by atoms with E-state index < -0.39 is 0 Å². The summed E-state index contributed by atoms with van der Waals surface area (Å²) in [6.07, 6.45) is 4.32. The lowest BCUT2D eigenvalue weighted by molar-refractivity contribution is 0.413. The summed E-state index contributed by atoms with van der Waals surface area (Å²) in [6.45, 7) is 0. The Morgan fingerprint density at radius 1 is 1.37 bits per heavy atom. The predicted molar refractivity (Wildman–Crippen MR) is 77.1 cm³/mol. The molecule has 0 aliphatic heterocycles. The highest BCUT2D eigenvalue weighted by molar-refractivity contribution is 5.45. The van der Waals surface area contributed by atoms with Crippen LogP contribution in [0.2, 0.25) is 0 Å². The number of nitrogens with two attached hydrogens (primary N) is 1. The SMILES string of the molecule is CNC(Cc1cnccc1N)c1cccc(OC)c1. The molecule has 0 saturated carbocycles. The number of hydrogen-bond donors (Lipinski definition) is 2. The number of hydrogen-bond acceptors (Lipinski definition) is 4. The molecule has 0 fully saturated rings. The van der Waals surface area contributed by atoms with Gasteiger partial charge in [0.25, 0.3) is 0 Å². The van der Waals surface area contributed by atoms with E-state index in [0.717, 1.165) is 23.4 Å². The van der Waals surface area contributed by atoms with E-state index in [1.807, 2.05) is 37.5 Å². The van der Waals surface area contributed by atoms with Crippen molar-refractivity contribution in [3.8, 4) is 5.75 Å². The Morgan fingerprint density at radius 3 is 2.89 bits per heavy atom. The van der Waals surface area contributed by atoms with Crippen molar-refractivity contribution in [2.45, 2.75) is 12.5 Å². The van der Waals surface area contributed by atoms with Gasteiger partial charge in [0.05, 0.1) is 7.11 Å². The number of aromatic nitrogens is 1. The van der Waals surface area contributed by atoms with E-state index in [4.69, 9.17) is 10.5 Å². The average molecular weight is 257 g/mol. The molecule has 1 aromatic heterocycles. The van der Waals surface area contributed by atoms with Gasteiger partial charge >= 0.3 is 0 Å². The topological polar surface area (TPSA) is 60.2 Å². The lowest BCUT2D eigenvalue weighted by atomic mass is 9.99. The molecule has 1 atom stereocenters. The second-order valence-electron chi connectivity index (χ2n) is 4.40. The molecule has 2 rings (SSSR count). The maximum atomic E-state index is 5.97. The van der Waals surface area contributed by atoms with E-state index in [1.54, 1.807) is 13.3 Å². The number of rotatable bonds is 5. The number of nitrogens with one attached hydrogen (secondary N) is 1. The van der Waals surface area contributed by atoms with Crippen molar-refractivity contribution in [1.29, 1.82) is 0 Å². The number of likely N-dealkylation sites (N-methyl/N-ethyl adjacent to an activating group) is 1. The zero-order valence-electron chi connectivity index (χ0n) is 11.3. The molecule has 4 nitrogen and oxygen atoms in total. The first-order valence-corrected chi connectivity index (χ1v) is 6.24. The Labute approximate surface area is 113 Å². The predicted octanol–water partition coefficient (Wildman–Crippen LogP) is 2.18. The summed E-state index contributed by atoms with van der Waals surface area (Å²) in [7, 11) is 3.61. The van der Waals surface area contributed by atoms with Crippen LogP contribution in [0.15, 0.2) is 42.7 Å². The first-order chi connectivity index (χ1) is 9.24. The van der Waals surface area contributed by atoms with Gasteiger partial charge in [0, 0.05) is 24.1 Å². The van der Waals surface area contributed by atoms with Crippen molar-refractivity contribution in [3.05, 3.63) is 53.9 Å². The highest BCUT2D eigenvalue weighted by Crippen LogP contribution is 2.23. The van der Waals surface area contributed by atoms with Crippen molar-refractivity contribution in [2.75, 3.05) is 19.9 Å². The third kappa shape index (κ3) is 3.23. The number of nitrogens with zero attached hydrogens (tertiary/aromatic N) is 1. The van der Waals surface area contributed by atoms with Gasteiger partial charge < -0.3 is 15.8 Å². The molecule has 0 saturated heterocycles. The summed E-state index contributed by atoms with van der Waals surface area (Å²) in [5, 5.41) is 3.31. The molecule has 0 bridgehead atoms. The Bertz CT molecular complexity index is 542. The molecule has 1 aromatic carbocycles. The van der Waals surface area contributed by atoms with Crippen LogP contribution in [-0.2, 0) is 6.42 Å². The van der Waals surface area contributed by atoms with E-state index in [0.29, 0.717) is 0 Å². The zero-order chi connectivity index (χ0) is 13.7. The van der Waals surface area contributed by atoms with E-state index in [2.05, 4.69) is 16.4 Å². The number of methoxy groups -OCH3 is 1. The van der Waals surface area contributed by atoms with Crippen LogP contribution in [-0.4, -0.2) is 19.1 Å². The normalized spacial score (nSPS) is 12.1. The number of ether oxygens (including phenoxy) is 1. The van der Waals surface area contributed by atoms with Crippen molar-refractivity contribution in [2.24, 2.45) is 0 Å². The number of pyridine rings is 1. The van der Waals surface area contributed by atoms with Crippen LogP contribution in [0.25, 0.3) is 0 Å². The van der Waals surface area contributed by atoms with Gasteiger partial charge in [0.1, 0.15) is 5.75 Å². The maximum Gasteiger partial charge on any atom is 0.119 e. The summed E-state index contributed by atoms with van der Waals surface area (Å²) in [5.74, 6) is 0.858. The zero-order valence-corrected chi connectivity index (χ0v) is 11.3. The molecule has 0 aliphatic rings. The van der Waals surface area contributed by atoms with Crippen LogP contribution < -0.4 is 15.8 Å². The van der Waals surface area contributed by atoms with Gasteiger partial charge in [-0.05, 0) is 42.8 Å². The molecule has 3 N–H and O–H groups in total. The third-order valence-electron chi connectivity index (χ3n) is 3.21. The van der Waals surface area contributed by atoms with Crippen LogP contribution in [0.4, 0.5) is 5.69 Å². The van der Waals surface area contributed by atoms with E-state index in [-0.39, 0.29) is 6.04 Å². The van der Waals surface area contributed by atoms with Crippen LogP contribution in [0.5, 0.6) is 5.75 Å². The first-order valence-electron chi connectivity index (χ1n) is 6.24. The van der Waals surface area contributed by atoms with E-state index in [9.17, 15) is 0 Å². The number of anilines is 1. The van der Waals surface area contributed by atoms with Gasteiger partial charge in [-0.15, -0.1) is 0 Å². The van der Waals surface area contributed by atoms with E-state index in [1.165, 1.54) is 5.56 Å². The standard InChI is InChI=1S/C15H19N3O/c1-17-15(9-12-10-18-7-6-14(12)16)11-4-3-5-13(8-11)19-2/h3-8,10,15,17H,9H2,1-2H3,(H2,16,18). The Balaban J connectivity index is 2.22. The summed E-state index contributed by atoms with van der Waals surface area (Å²) in [4.78, 5) is 4.13. The van der Waals surface area contributed by atoms with Crippen molar-refractivity contribution < 1.29 is 4.74 Å². The lowest BCUT2D eigenvalue weighted by Crippen LogP contribution is -2.19. The molecule has 19 heavy (non-hydrogen) atoms. The van der Waals surface area contributed by atoms with Crippen molar-refractivity contribution in [1.82, 2.24) is 10.3 Å². The van der Waals surface area contributed by atoms with E-state index >= 15 is 0 Å². The summed E-state index contributed by atoms with van der Waals surface area (Å²) in [5.41, 5.74) is 8.96. The number of nitrogen functional groups attached to an aromatic ring is 1. The van der Waals surface area contributed by atoms with Crippen LogP contribution in [0.3, 0.4) is 0 Å². The van der Waals surface area contributed by atoms with Gasteiger partial charge in [-0.3, -0.25) is 4.98 Å². The molecular formula is C15H19N3O. The minimum absolute atomic E-state index is 0.182. The van der Waals surface area contributed by atoms with Crippen LogP contribution in [0.1, 0.15) is 17.2 Å². The fraction of sp³-hybridized carbons (Fsp3) is 0.267. The quantitative estimate of drug-likeness (QED) is 0.862. The Morgan fingerprint density at radius 2 is 2.21 bits per heavy atom. The van der Waals surface area contributed by atoms with Crippen LogP contribution in [0, 0.1) is 0 Å². The fourth-order valence-electron chi connectivity index (χ4n) is 2.07. The molecule has 1 heterocycles. The second kappa shape index (κ2) is 6.20. The number of benzene rings is 1. The monoisotopic (exact) mass is 257 g/mol. The molecule has 0 spiro atoms. The average Bonchev–Trinajstić information content (AvgIpc) is 2.46. The third-order valence-corrected chi connectivity index (χ3v) is 3.21. The van der Waals surface area contributed by atoms with Gasteiger partial charge in [-0.25, -0.2) is 0 Å². The molecule has 0 amide bonds.